The van der Waals surface area contributed by atoms with Gasteiger partial charge in [-0.3, -0.25) is 0 Å². The van der Waals surface area contributed by atoms with Gasteiger partial charge in [0.25, 0.3) is 0 Å². The maximum atomic E-state index is 6.24. The highest BCUT2D eigenvalue weighted by atomic mass is 35.5. The molecule has 7 heteroatoms. The summed E-state index contributed by atoms with van der Waals surface area (Å²) in [7, 11) is 0. The molecule has 0 spiro atoms. The molecule has 0 saturated carbocycles. The van der Waals surface area contributed by atoms with Crippen LogP contribution in [0.25, 0.3) is 17.1 Å². The summed E-state index contributed by atoms with van der Waals surface area (Å²) in [5.41, 5.74) is 8.69. The summed E-state index contributed by atoms with van der Waals surface area (Å²) in [5, 5.41) is 13.0. The van der Waals surface area contributed by atoms with Crippen LogP contribution in [0.15, 0.2) is 36.4 Å². The molecule has 3 aromatic rings. The van der Waals surface area contributed by atoms with Crippen LogP contribution in [0.3, 0.4) is 0 Å². The van der Waals surface area contributed by atoms with Gasteiger partial charge < -0.3 is 5.73 Å². The second-order valence-electron chi connectivity index (χ2n) is 4.54. The maximum absolute atomic E-state index is 6.24. The molecule has 106 valence electrons. The molecule has 0 aliphatic rings. The molecule has 0 saturated heterocycles. The molecule has 0 amide bonds. The van der Waals surface area contributed by atoms with E-state index in [0.717, 1.165) is 11.3 Å². The SMILES string of the molecule is Cc1c(Cl)cccc1-n1nnnc1-c1ccc(N)cc1Cl. The summed E-state index contributed by atoms with van der Waals surface area (Å²) < 4.78 is 1.61. The number of hydrogen-bond donors (Lipinski definition) is 1. The minimum Gasteiger partial charge on any atom is -0.399 e. The van der Waals surface area contributed by atoms with Crippen molar-refractivity contribution in [3.05, 3.63) is 52.0 Å². The molecular formula is C14H11Cl2N5. The summed E-state index contributed by atoms with van der Waals surface area (Å²) in [5.74, 6) is 0.533. The van der Waals surface area contributed by atoms with Crippen LogP contribution in [0.5, 0.6) is 0 Å². The number of rotatable bonds is 2. The van der Waals surface area contributed by atoms with Gasteiger partial charge in [0.15, 0.2) is 5.82 Å². The van der Waals surface area contributed by atoms with Gasteiger partial charge in [-0.05, 0) is 53.2 Å². The lowest BCUT2D eigenvalue weighted by molar-refractivity contribution is 0.787. The molecule has 0 unspecified atom stereocenters. The van der Waals surface area contributed by atoms with E-state index in [4.69, 9.17) is 28.9 Å². The average molecular weight is 320 g/mol. The molecule has 0 radical (unpaired) electrons. The minimum atomic E-state index is 0.491. The quantitative estimate of drug-likeness (QED) is 0.733. The Kier molecular flexibility index (Phi) is 3.53. The number of anilines is 1. The van der Waals surface area contributed by atoms with Crippen molar-refractivity contribution in [2.45, 2.75) is 6.92 Å². The van der Waals surface area contributed by atoms with Crippen LogP contribution >= 0.6 is 23.2 Å². The summed E-state index contributed by atoms with van der Waals surface area (Å²) in [4.78, 5) is 0. The van der Waals surface area contributed by atoms with Crippen LogP contribution in [0.4, 0.5) is 5.69 Å². The number of nitrogens with two attached hydrogens (primary N) is 1. The molecule has 3 rings (SSSR count). The van der Waals surface area contributed by atoms with Crippen molar-refractivity contribution in [1.29, 1.82) is 0 Å². The molecule has 2 N–H and O–H groups in total. The molecule has 0 atom stereocenters. The average Bonchev–Trinajstić information content (AvgIpc) is 2.91. The second kappa shape index (κ2) is 5.35. The van der Waals surface area contributed by atoms with Crippen LogP contribution in [0, 0.1) is 6.92 Å². The predicted molar refractivity (Wildman–Crippen MR) is 83.8 cm³/mol. The topological polar surface area (TPSA) is 69.6 Å². The lowest BCUT2D eigenvalue weighted by Gasteiger charge is -2.10. The molecule has 0 bridgehead atoms. The molecule has 2 aromatic carbocycles. The first kappa shape index (κ1) is 13.9. The van der Waals surface area contributed by atoms with Gasteiger partial charge in [0.2, 0.25) is 0 Å². The van der Waals surface area contributed by atoms with E-state index in [1.165, 1.54) is 0 Å². The highest BCUT2D eigenvalue weighted by Crippen LogP contribution is 2.30. The zero-order valence-corrected chi connectivity index (χ0v) is 12.6. The van der Waals surface area contributed by atoms with Gasteiger partial charge in [0.1, 0.15) is 0 Å². The lowest BCUT2D eigenvalue weighted by Crippen LogP contribution is -2.03. The number of nitrogens with zero attached hydrogens (tertiary/aromatic N) is 4. The van der Waals surface area contributed by atoms with Gasteiger partial charge in [-0.25, -0.2) is 0 Å². The summed E-state index contributed by atoms with van der Waals surface area (Å²) in [6.07, 6.45) is 0. The monoisotopic (exact) mass is 319 g/mol. The summed E-state index contributed by atoms with van der Waals surface area (Å²) in [6.45, 7) is 1.91. The van der Waals surface area contributed by atoms with E-state index in [1.807, 2.05) is 25.1 Å². The normalized spacial score (nSPS) is 10.8. The predicted octanol–water partition coefficient (Wildman–Crippen LogP) is 3.53. The van der Waals surface area contributed by atoms with Gasteiger partial charge in [-0.15, -0.1) is 5.10 Å². The maximum Gasteiger partial charge on any atom is 0.188 e. The Labute approximate surface area is 131 Å². The highest BCUT2D eigenvalue weighted by molar-refractivity contribution is 6.33. The zero-order valence-electron chi connectivity index (χ0n) is 11.1. The fourth-order valence-corrected chi connectivity index (χ4v) is 2.50. The van der Waals surface area contributed by atoms with Gasteiger partial charge >= 0.3 is 0 Å². The second-order valence-corrected chi connectivity index (χ2v) is 5.35. The standard InChI is InChI=1S/C14H11Cl2N5/c1-8-11(15)3-2-4-13(8)21-14(18-19-20-21)10-6-5-9(17)7-12(10)16/h2-7H,17H2,1H3. The number of nitrogen functional groups attached to an aromatic ring is 1. The van der Waals surface area contributed by atoms with Gasteiger partial charge in [-0.2, -0.15) is 4.68 Å². The van der Waals surface area contributed by atoms with Crippen molar-refractivity contribution < 1.29 is 0 Å². The van der Waals surface area contributed by atoms with E-state index < -0.39 is 0 Å². The Bertz CT molecular complexity index is 813. The largest absolute Gasteiger partial charge is 0.399 e. The van der Waals surface area contributed by atoms with E-state index in [9.17, 15) is 0 Å². The van der Waals surface area contributed by atoms with E-state index in [0.29, 0.717) is 27.1 Å². The molecule has 21 heavy (non-hydrogen) atoms. The number of hydrogen-bond acceptors (Lipinski definition) is 4. The Morgan fingerprint density at radius 1 is 1.10 bits per heavy atom. The van der Waals surface area contributed by atoms with Crippen LogP contribution in [0.1, 0.15) is 5.56 Å². The lowest BCUT2D eigenvalue weighted by atomic mass is 10.1. The van der Waals surface area contributed by atoms with Crippen molar-refractivity contribution in [2.75, 3.05) is 5.73 Å². The molecule has 1 aromatic heterocycles. The molecule has 1 heterocycles. The third-order valence-corrected chi connectivity index (χ3v) is 3.89. The fourth-order valence-electron chi connectivity index (χ4n) is 2.06. The zero-order chi connectivity index (χ0) is 15.0. The van der Waals surface area contributed by atoms with E-state index >= 15 is 0 Å². The third kappa shape index (κ3) is 2.46. The van der Waals surface area contributed by atoms with Gasteiger partial charge in [-0.1, -0.05) is 29.3 Å². The Balaban J connectivity index is 2.20. The fraction of sp³-hybridized carbons (Fsp3) is 0.0714. The van der Waals surface area contributed by atoms with Crippen LogP contribution in [-0.4, -0.2) is 20.2 Å². The van der Waals surface area contributed by atoms with E-state index in [1.54, 1.807) is 22.9 Å². The Morgan fingerprint density at radius 2 is 1.90 bits per heavy atom. The number of benzene rings is 2. The Morgan fingerprint density at radius 3 is 2.67 bits per heavy atom. The first-order chi connectivity index (χ1) is 10.1. The number of aromatic nitrogens is 4. The number of tetrazole rings is 1. The summed E-state index contributed by atoms with van der Waals surface area (Å²) in [6, 6.07) is 10.8. The van der Waals surface area contributed by atoms with Gasteiger partial charge in [0, 0.05) is 16.3 Å². The molecule has 0 aliphatic carbocycles. The first-order valence-electron chi connectivity index (χ1n) is 6.17. The Hall–Kier alpha value is -2.11. The van der Waals surface area contributed by atoms with Gasteiger partial charge in [0.05, 0.1) is 10.7 Å². The van der Waals surface area contributed by atoms with E-state index in [2.05, 4.69) is 15.5 Å². The van der Waals surface area contributed by atoms with Crippen molar-refractivity contribution in [3.63, 3.8) is 0 Å². The molecular weight excluding hydrogens is 309 g/mol. The van der Waals surface area contributed by atoms with Crippen molar-refractivity contribution in [1.82, 2.24) is 20.2 Å². The molecule has 0 aliphatic heterocycles. The van der Waals surface area contributed by atoms with E-state index in [-0.39, 0.29) is 0 Å². The molecule has 5 nitrogen and oxygen atoms in total. The third-order valence-electron chi connectivity index (χ3n) is 3.17. The minimum absolute atomic E-state index is 0.491. The highest BCUT2D eigenvalue weighted by Gasteiger charge is 2.16. The van der Waals surface area contributed by atoms with Crippen LogP contribution in [-0.2, 0) is 0 Å². The van der Waals surface area contributed by atoms with Crippen molar-refractivity contribution in [3.8, 4) is 17.1 Å². The van der Waals surface area contributed by atoms with Crippen LogP contribution < -0.4 is 5.73 Å². The van der Waals surface area contributed by atoms with Crippen molar-refractivity contribution in [2.24, 2.45) is 0 Å². The number of halogens is 2. The molecule has 0 fully saturated rings. The van der Waals surface area contributed by atoms with Crippen LogP contribution in [0.2, 0.25) is 10.0 Å². The summed E-state index contributed by atoms with van der Waals surface area (Å²) >= 11 is 12.4. The smallest absolute Gasteiger partial charge is 0.188 e. The first-order valence-corrected chi connectivity index (χ1v) is 6.93. The van der Waals surface area contributed by atoms with Crippen molar-refractivity contribution >= 4 is 28.9 Å².